The van der Waals surface area contributed by atoms with Crippen molar-refractivity contribution in [3.63, 3.8) is 0 Å². The van der Waals surface area contributed by atoms with Gasteiger partial charge in [-0.05, 0) is 31.5 Å². The number of nitrogens with zero attached hydrogens (tertiary/aromatic N) is 2. The third-order valence-corrected chi connectivity index (χ3v) is 3.32. The van der Waals surface area contributed by atoms with Crippen LogP contribution in [-0.4, -0.2) is 22.8 Å². The van der Waals surface area contributed by atoms with Crippen LogP contribution in [0.1, 0.15) is 35.9 Å². The Labute approximate surface area is 123 Å². The molecule has 112 valence electrons. The van der Waals surface area contributed by atoms with Gasteiger partial charge in [0.05, 0.1) is 25.0 Å². The zero-order valence-electron chi connectivity index (χ0n) is 12.5. The zero-order chi connectivity index (χ0) is 15.4. The lowest BCUT2D eigenvalue weighted by atomic mass is 10.1. The number of ether oxygens (including phenoxy) is 1. The molecule has 0 radical (unpaired) electrons. The molecule has 21 heavy (non-hydrogen) atoms. The molecule has 2 aromatic rings. The number of anilines is 1. The summed E-state index contributed by atoms with van der Waals surface area (Å²) in [5.74, 6) is 0.522. The van der Waals surface area contributed by atoms with Gasteiger partial charge in [-0.15, -0.1) is 0 Å². The molecule has 3 N–H and O–H groups in total. The molecule has 1 atom stereocenters. The van der Waals surface area contributed by atoms with Gasteiger partial charge in [0.25, 0.3) is 5.91 Å². The SMILES string of the molecule is CCn1ncc(N)c1C(=O)NC(C)c1cccc(OC)c1. The van der Waals surface area contributed by atoms with Crippen molar-refractivity contribution in [2.75, 3.05) is 12.8 Å². The van der Waals surface area contributed by atoms with Crippen molar-refractivity contribution in [2.45, 2.75) is 26.4 Å². The van der Waals surface area contributed by atoms with Gasteiger partial charge in [0.2, 0.25) is 0 Å². The van der Waals surface area contributed by atoms with Gasteiger partial charge in [-0.25, -0.2) is 0 Å². The number of aromatic nitrogens is 2. The van der Waals surface area contributed by atoms with E-state index < -0.39 is 0 Å². The van der Waals surface area contributed by atoms with E-state index in [0.717, 1.165) is 11.3 Å². The number of aryl methyl sites for hydroxylation is 1. The summed E-state index contributed by atoms with van der Waals surface area (Å²) < 4.78 is 6.78. The van der Waals surface area contributed by atoms with E-state index in [-0.39, 0.29) is 11.9 Å². The van der Waals surface area contributed by atoms with Crippen LogP contribution in [0, 0.1) is 0 Å². The van der Waals surface area contributed by atoms with Crippen LogP contribution in [-0.2, 0) is 6.54 Å². The minimum absolute atomic E-state index is 0.160. The number of hydrogen-bond acceptors (Lipinski definition) is 4. The minimum Gasteiger partial charge on any atom is -0.497 e. The third kappa shape index (κ3) is 3.16. The fourth-order valence-electron chi connectivity index (χ4n) is 2.15. The molecule has 1 amide bonds. The van der Waals surface area contributed by atoms with E-state index in [0.29, 0.717) is 17.9 Å². The second-order valence-corrected chi connectivity index (χ2v) is 4.74. The normalized spacial score (nSPS) is 12.0. The maximum Gasteiger partial charge on any atom is 0.272 e. The van der Waals surface area contributed by atoms with Gasteiger partial charge in [-0.2, -0.15) is 5.10 Å². The van der Waals surface area contributed by atoms with E-state index in [1.54, 1.807) is 11.8 Å². The van der Waals surface area contributed by atoms with Gasteiger partial charge in [-0.1, -0.05) is 12.1 Å². The van der Waals surface area contributed by atoms with E-state index in [1.165, 1.54) is 6.20 Å². The predicted molar refractivity (Wildman–Crippen MR) is 81.2 cm³/mol. The van der Waals surface area contributed by atoms with Gasteiger partial charge >= 0.3 is 0 Å². The summed E-state index contributed by atoms with van der Waals surface area (Å²) in [7, 11) is 1.61. The van der Waals surface area contributed by atoms with Gasteiger partial charge in [0.1, 0.15) is 11.4 Å². The number of benzene rings is 1. The Hall–Kier alpha value is -2.50. The van der Waals surface area contributed by atoms with Crippen molar-refractivity contribution in [1.82, 2.24) is 15.1 Å². The second kappa shape index (κ2) is 6.30. The Morgan fingerprint density at radius 3 is 2.95 bits per heavy atom. The van der Waals surface area contributed by atoms with Crippen molar-refractivity contribution < 1.29 is 9.53 Å². The molecule has 1 unspecified atom stereocenters. The number of amides is 1. The Morgan fingerprint density at radius 1 is 1.52 bits per heavy atom. The lowest BCUT2D eigenvalue weighted by Gasteiger charge is -2.16. The first-order valence-corrected chi connectivity index (χ1v) is 6.83. The fourth-order valence-corrected chi connectivity index (χ4v) is 2.15. The van der Waals surface area contributed by atoms with Gasteiger partial charge in [0, 0.05) is 6.54 Å². The van der Waals surface area contributed by atoms with E-state index >= 15 is 0 Å². The number of rotatable bonds is 5. The first-order chi connectivity index (χ1) is 10.1. The quantitative estimate of drug-likeness (QED) is 0.881. The van der Waals surface area contributed by atoms with E-state index in [9.17, 15) is 4.79 Å². The molecule has 0 aliphatic carbocycles. The first kappa shape index (κ1) is 14.9. The molecule has 0 saturated heterocycles. The van der Waals surface area contributed by atoms with Crippen LogP contribution in [0.15, 0.2) is 30.5 Å². The summed E-state index contributed by atoms with van der Waals surface area (Å²) in [5.41, 5.74) is 7.55. The lowest BCUT2D eigenvalue weighted by molar-refractivity contribution is 0.0930. The average Bonchev–Trinajstić information content (AvgIpc) is 2.88. The van der Waals surface area contributed by atoms with E-state index in [4.69, 9.17) is 10.5 Å². The standard InChI is InChI=1S/C15H20N4O2/c1-4-19-14(13(16)9-17-19)15(20)18-10(2)11-6-5-7-12(8-11)21-3/h5-10H,4,16H2,1-3H3,(H,18,20). The van der Waals surface area contributed by atoms with Gasteiger partial charge in [-0.3, -0.25) is 9.48 Å². The number of methoxy groups -OCH3 is 1. The molecular formula is C15H20N4O2. The monoisotopic (exact) mass is 288 g/mol. The van der Waals surface area contributed by atoms with Crippen molar-refractivity contribution in [1.29, 1.82) is 0 Å². The highest BCUT2D eigenvalue weighted by molar-refractivity contribution is 5.97. The number of nitrogen functional groups attached to an aromatic ring is 1. The second-order valence-electron chi connectivity index (χ2n) is 4.74. The van der Waals surface area contributed by atoms with Crippen molar-refractivity contribution in [2.24, 2.45) is 0 Å². The highest BCUT2D eigenvalue weighted by Gasteiger charge is 2.18. The number of hydrogen-bond donors (Lipinski definition) is 2. The smallest absolute Gasteiger partial charge is 0.272 e. The number of carbonyl (C=O) groups excluding carboxylic acids is 1. The molecule has 0 aliphatic rings. The van der Waals surface area contributed by atoms with Crippen molar-refractivity contribution >= 4 is 11.6 Å². The molecule has 6 heteroatoms. The predicted octanol–water partition coefficient (Wildman–Crippen LogP) is 1.98. The van der Waals surface area contributed by atoms with Gasteiger partial charge in [0.15, 0.2) is 0 Å². The molecule has 1 aromatic heterocycles. The number of nitrogens with two attached hydrogens (primary N) is 1. The van der Waals surface area contributed by atoms with Crippen molar-refractivity contribution in [3.05, 3.63) is 41.7 Å². The minimum atomic E-state index is -0.234. The molecule has 0 aliphatic heterocycles. The molecule has 2 rings (SSSR count). The molecule has 0 bridgehead atoms. The Morgan fingerprint density at radius 2 is 2.29 bits per heavy atom. The molecule has 1 heterocycles. The molecule has 0 spiro atoms. The average molecular weight is 288 g/mol. The molecule has 6 nitrogen and oxygen atoms in total. The maximum absolute atomic E-state index is 12.4. The van der Waals surface area contributed by atoms with E-state index in [1.807, 2.05) is 38.1 Å². The van der Waals surface area contributed by atoms with Crippen LogP contribution < -0.4 is 15.8 Å². The van der Waals surface area contributed by atoms with Crippen LogP contribution in [0.25, 0.3) is 0 Å². The van der Waals surface area contributed by atoms with E-state index in [2.05, 4.69) is 10.4 Å². The highest BCUT2D eigenvalue weighted by Crippen LogP contribution is 2.20. The molecule has 0 saturated carbocycles. The molecular weight excluding hydrogens is 268 g/mol. The summed E-state index contributed by atoms with van der Waals surface area (Å²) >= 11 is 0. The Balaban J connectivity index is 2.16. The lowest BCUT2D eigenvalue weighted by Crippen LogP contribution is -2.29. The number of carbonyl (C=O) groups is 1. The van der Waals surface area contributed by atoms with Gasteiger partial charge < -0.3 is 15.8 Å². The van der Waals surface area contributed by atoms with Crippen molar-refractivity contribution in [3.8, 4) is 5.75 Å². The highest BCUT2D eigenvalue weighted by atomic mass is 16.5. The largest absolute Gasteiger partial charge is 0.497 e. The molecule has 0 fully saturated rings. The Kier molecular flexibility index (Phi) is 4.47. The summed E-state index contributed by atoms with van der Waals surface area (Å²) in [6, 6.07) is 7.43. The van der Waals surface area contributed by atoms with Crippen LogP contribution in [0.2, 0.25) is 0 Å². The zero-order valence-corrected chi connectivity index (χ0v) is 12.5. The third-order valence-electron chi connectivity index (χ3n) is 3.32. The van der Waals surface area contributed by atoms with Crippen LogP contribution in [0.5, 0.6) is 5.75 Å². The summed E-state index contributed by atoms with van der Waals surface area (Å²) in [5, 5.41) is 7.00. The topological polar surface area (TPSA) is 82.2 Å². The fraction of sp³-hybridized carbons (Fsp3) is 0.333. The summed E-state index contributed by atoms with van der Waals surface area (Å²) in [6.45, 7) is 4.41. The Bertz CT molecular complexity index is 636. The molecule has 1 aromatic carbocycles. The van der Waals surface area contributed by atoms with Crippen LogP contribution in [0.4, 0.5) is 5.69 Å². The summed E-state index contributed by atoms with van der Waals surface area (Å²) in [4.78, 5) is 12.4. The number of nitrogens with one attached hydrogen (secondary N) is 1. The maximum atomic E-state index is 12.4. The summed E-state index contributed by atoms with van der Waals surface area (Å²) in [6.07, 6.45) is 1.49. The van der Waals surface area contributed by atoms with Crippen LogP contribution in [0.3, 0.4) is 0 Å². The van der Waals surface area contributed by atoms with Crippen LogP contribution >= 0.6 is 0 Å². The first-order valence-electron chi connectivity index (χ1n) is 6.83.